The maximum Gasteiger partial charge on any atom is 0.345 e. The molecular formula is C25H31ClO3S. The van der Waals surface area contributed by atoms with Crippen molar-refractivity contribution < 1.29 is 15.0 Å². The highest BCUT2D eigenvalue weighted by molar-refractivity contribution is 7.13. The molecule has 2 aromatic rings. The van der Waals surface area contributed by atoms with E-state index in [0.29, 0.717) is 10.8 Å². The highest BCUT2D eigenvalue weighted by Gasteiger charge is 2.25. The van der Waals surface area contributed by atoms with E-state index in [9.17, 15) is 9.90 Å². The monoisotopic (exact) mass is 446 g/mol. The third-order valence-corrected chi connectivity index (χ3v) is 7.47. The minimum absolute atomic E-state index is 0.393. The molecule has 1 heterocycles. The van der Waals surface area contributed by atoms with Crippen molar-refractivity contribution in [2.75, 3.05) is 0 Å². The summed E-state index contributed by atoms with van der Waals surface area (Å²) in [6, 6.07) is 11.9. The first-order valence-corrected chi connectivity index (χ1v) is 12.2. The fraction of sp³-hybridized carbons (Fsp3) is 0.480. The van der Waals surface area contributed by atoms with Crippen molar-refractivity contribution in [3.63, 3.8) is 0 Å². The van der Waals surface area contributed by atoms with Crippen LogP contribution in [0.3, 0.4) is 0 Å². The molecule has 162 valence electrons. The first-order valence-electron chi connectivity index (χ1n) is 11.0. The molecule has 1 aromatic carbocycles. The Morgan fingerprint density at radius 2 is 1.93 bits per heavy atom. The SMILES string of the molecule is CCCCCC(O)c1ccc(C2=C(Cl)CCC2CCCc2ccc(C(=O)O)s2)cc1. The number of carboxylic acid groups (broad SMARTS) is 1. The molecule has 0 spiro atoms. The van der Waals surface area contributed by atoms with Crippen LogP contribution < -0.4 is 0 Å². The van der Waals surface area contributed by atoms with Gasteiger partial charge in [-0.25, -0.2) is 4.79 Å². The summed E-state index contributed by atoms with van der Waals surface area (Å²) in [4.78, 5) is 12.6. The molecule has 0 amide bonds. The fourth-order valence-electron chi connectivity index (χ4n) is 4.27. The van der Waals surface area contributed by atoms with Gasteiger partial charge in [0.25, 0.3) is 0 Å². The van der Waals surface area contributed by atoms with E-state index < -0.39 is 12.1 Å². The molecule has 30 heavy (non-hydrogen) atoms. The maximum absolute atomic E-state index is 11.0. The largest absolute Gasteiger partial charge is 0.477 e. The van der Waals surface area contributed by atoms with E-state index in [2.05, 4.69) is 19.1 Å². The first kappa shape index (κ1) is 23.1. The average Bonchev–Trinajstić information content (AvgIpc) is 3.35. The molecule has 2 atom stereocenters. The van der Waals surface area contributed by atoms with Crippen LogP contribution in [-0.4, -0.2) is 16.2 Å². The zero-order valence-corrected chi connectivity index (χ0v) is 19.1. The van der Waals surface area contributed by atoms with Crippen LogP contribution in [0.1, 0.15) is 90.1 Å². The van der Waals surface area contributed by atoms with Crippen LogP contribution in [0, 0.1) is 5.92 Å². The van der Waals surface area contributed by atoms with Crippen molar-refractivity contribution in [2.24, 2.45) is 5.92 Å². The van der Waals surface area contributed by atoms with Gasteiger partial charge in [0.15, 0.2) is 0 Å². The smallest absolute Gasteiger partial charge is 0.345 e. The Kier molecular flexibility index (Phi) is 8.55. The molecule has 1 aliphatic rings. The summed E-state index contributed by atoms with van der Waals surface area (Å²) in [7, 11) is 0. The second kappa shape index (κ2) is 11.1. The highest BCUT2D eigenvalue weighted by atomic mass is 35.5. The maximum atomic E-state index is 11.0. The first-order chi connectivity index (χ1) is 14.5. The van der Waals surface area contributed by atoms with Gasteiger partial charge in [-0.1, -0.05) is 62.1 Å². The molecule has 0 aliphatic heterocycles. The standard InChI is InChI=1S/C25H31ClO3S/c1-2-3-4-8-22(27)17-9-11-19(12-10-17)24-18(13-15-21(24)26)6-5-7-20-14-16-23(30-20)25(28)29/h9-12,14,16,18,22,27H,2-8,13,15H2,1H3,(H,28,29). The zero-order chi connectivity index (χ0) is 21.5. The number of hydrogen-bond acceptors (Lipinski definition) is 3. The number of carbonyl (C=O) groups is 1. The Hall–Kier alpha value is -1.62. The number of aryl methyl sites for hydroxylation is 1. The second-order valence-corrected chi connectivity index (χ2v) is 9.78. The van der Waals surface area contributed by atoms with Crippen molar-refractivity contribution in [1.29, 1.82) is 0 Å². The molecular weight excluding hydrogens is 416 g/mol. The van der Waals surface area contributed by atoms with Gasteiger partial charge in [0.05, 0.1) is 6.10 Å². The van der Waals surface area contributed by atoms with Gasteiger partial charge >= 0.3 is 5.97 Å². The topological polar surface area (TPSA) is 57.5 Å². The summed E-state index contributed by atoms with van der Waals surface area (Å²) >= 11 is 7.97. The number of benzene rings is 1. The van der Waals surface area contributed by atoms with Crippen LogP contribution in [-0.2, 0) is 6.42 Å². The molecule has 5 heteroatoms. The van der Waals surface area contributed by atoms with Gasteiger partial charge in [0, 0.05) is 9.91 Å². The number of aliphatic hydroxyl groups is 1. The Morgan fingerprint density at radius 1 is 1.17 bits per heavy atom. The quantitative estimate of drug-likeness (QED) is 0.352. The predicted molar refractivity (Wildman–Crippen MR) is 125 cm³/mol. The Morgan fingerprint density at radius 3 is 2.60 bits per heavy atom. The van der Waals surface area contributed by atoms with Crippen LogP contribution in [0.2, 0.25) is 0 Å². The Balaban J connectivity index is 1.58. The van der Waals surface area contributed by atoms with E-state index in [-0.39, 0.29) is 0 Å². The third-order valence-electron chi connectivity index (χ3n) is 5.95. The van der Waals surface area contributed by atoms with E-state index >= 15 is 0 Å². The Bertz CT molecular complexity index is 869. The van der Waals surface area contributed by atoms with Crippen molar-refractivity contribution in [3.8, 4) is 0 Å². The fourth-order valence-corrected chi connectivity index (χ4v) is 5.53. The average molecular weight is 447 g/mol. The number of hydrogen-bond donors (Lipinski definition) is 2. The molecule has 3 nitrogen and oxygen atoms in total. The molecule has 3 rings (SSSR count). The summed E-state index contributed by atoms with van der Waals surface area (Å²) in [6.45, 7) is 2.17. The van der Waals surface area contributed by atoms with Gasteiger partial charge in [-0.05, 0) is 73.3 Å². The van der Waals surface area contributed by atoms with Crippen molar-refractivity contribution in [2.45, 2.75) is 70.8 Å². The predicted octanol–water partition coefficient (Wildman–Crippen LogP) is 7.44. The van der Waals surface area contributed by atoms with E-state index in [1.165, 1.54) is 16.9 Å². The van der Waals surface area contributed by atoms with E-state index in [0.717, 1.165) is 78.8 Å². The van der Waals surface area contributed by atoms with E-state index in [1.807, 2.05) is 18.2 Å². The van der Waals surface area contributed by atoms with Gasteiger partial charge in [0.2, 0.25) is 0 Å². The number of rotatable bonds is 11. The summed E-state index contributed by atoms with van der Waals surface area (Å²) in [5.74, 6) is -0.408. The lowest BCUT2D eigenvalue weighted by Gasteiger charge is -2.17. The molecule has 0 fully saturated rings. The summed E-state index contributed by atoms with van der Waals surface area (Å²) < 4.78 is 0. The number of carboxylic acids is 1. The number of thiophene rings is 1. The van der Waals surface area contributed by atoms with E-state index in [4.69, 9.17) is 16.7 Å². The lowest BCUT2D eigenvalue weighted by Crippen LogP contribution is -2.02. The molecule has 0 radical (unpaired) electrons. The van der Waals surface area contributed by atoms with Gasteiger partial charge in [-0.3, -0.25) is 0 Å². The molecule has 2 unspecified atom stereocenters. The summed E-state index contributed by atoms with van der Waals surface area (Å²) in [5.41, 5.74) is 3.39. The second-order valence-electron chi connectivity index (χ2n) is 8.15. The third kappa shape index (κ3) is 5.96. The highest BCUT2D eigenvalue weighted by Crippen LogP contribution is 2.43. The minimum atomic E-state index is -0.849. The van der Waals surface area contributed by atoms with Crippen LogP contribution in [0.5, 0.6) is 0 Å². The molecule has 0 saturated carbocycles. The van der Waals surface area contributed by atoms with Gasteiger partial charge in [-0.15, -0.1) is 11.3 Å². The van der Waals surface area contributed by atoms with Crippen LogP contribution in [0.4, 0.5) is 0 Å². The Labute approximate surface area is 188 Å². The molecule has 1 aliphatic carbocycles. The van der Waals surface area contributed by atoms with Gasteiger partial charge < -0.3 is 10.2 Å². The van der Waals surface area contributed by atoms with Crippen LogP contribution in [0.15, 0.2) is 41.4 Å². The van der Waals surface area contributed by atoms with Crippen LogP contribution in [0.25, 0.3) is 5.57 Å². The number of unbranched alkanes of at least 4 members (excludes halogenated alkanes) is 2. The lowest BCUT2D eigenvalue weighted by molar-refractivity contribution is 0.0702. The zero-order valence-electron chi connectivity index (χ0n) is 17.6. The number of allylic oxidation sites excluding steroid dienone is 2. The molecule has 0 bridgehead atoms. The molecule has 2 N–H and O–H groups in total. The lowest BCUT2D eigenvalue weighted by atomic mass is 9.89. The van der Waals surface area contributed by atoms with Gasteiger partial charge in [-0.2, -0.15) is 0 Å². The molecule has 0 saturated heterocycles. The number of halogens is 1. The van der Waals surface area contributed by atoms with Crippen molar-refractivity contribution in [1.82, 2.24) is 0 Å². The normalized spacial score (nSPS) is 17.5. The van der Waals surface area contributed by atoms with Gasteiger partial charge in [0.1, 0.15) is 4.88 Å². The number of aliphatic hydroxyl groups excluding tert-OH is 1. The van der Waals surface area contributed by atoms with E-state index in [1.54, 1.807) is 6.07 Å². The summed E-state index contributed by atoms with van der Waals surface area (Å²) in [6.07, 6.45) is 8.75. The summed E-state index contributed by atoms with van der Waals surface area (Å²) in [5, 5.41) is 20.4. The molecule has 1 aromatic heterocycles. The van der Waals surface area contributed by atoms with Crippen molar-refractivity contribution in [3.05, 3.63) is 62.3 Å². The number of aromatic carboxylic acids is 1. The van der Waals surface area contributed by atoms with Crippen LogP contribution >= 0.6 is 22.9 Å². The minimum Gasteiger partial charge on any atom is -0.477 e. The van der Waals surface area contributed by atoms with Crippen molar-refractivity contribution >= 4 is 34.5 Å².